The highest BCUT2D eigenvalue weighted by atomic mass is 79.9. The summed E-state index contributed by atoms with van der Waals surface area (Å²) in [5.41, 5.74) is 0.704. The van der Waals surface area contributed by atoms with Gasteiger partial charge in [0.15, 0.2) is 6.29 Å². The quantitative estimate of drug-likeness (QED) is 0.905. The Morgan fingerprint density at radius 3 is 2.78 bits per heavy atom. The highest BCUT2D eigenvalue weighted by molar-refractivity contribution is 9.10. The number of hydrogen-bond acceptors (Lipinski definition) is 3. The first-order valence-corrected chi connectivity index (χ1v) is 6.82. The van der Waals surface area contributed by atoms with E-state index in [1.165, 1.54) is 6.07 Å². The molecule has 0 radical (unpaired) electrons. The Morgan fingerprint density at radius 1 is 1.44 bits per heavy atom. The monoisotopic (exact) mass is 317 g/mol. The van der Waals surface area contributed by atoms with Gasteiger partial charge in [-0.05, 0) is 31.2 Å². The summed E-state index contributed by atoms with van der Waals surface area (Å²) in [6.45, 7) is 1.29. The van der Waals surface area contributed by atoms with E-state index >= 15 is 0 Å². The van der Waals surface area contributed by atoms with Gasteiger partial charge >= 0.3 is 0 Å². The molecule has 1 aliphatic heterocycles. The maximum atomic E-state index is 13.7. The van der Waals surface area contributed by atoms with Crippen molar-refractivity contribution in [2.75, 3.05) is 20.3 Å². The first-order valence-electron chi connectivity index (χ1n) is 6.03. The minimum Gasteiger partial charge on any atom is -0.350 e. The van der Waals surface area contributed by atoms with Crippen LogP contribution in [0, 0.1) is 5.82 Å². The second-order valence-electron chi connectivity index (χ2n) is 4.33. The van der Waals surface area contributed by atoms with Gasteiger partial charge in [0, 0.05) is 16.9 Å². The number of ether oxygens (including phenoxy) is 2. The van der Waals surface area contributed by atoms with Crippen LogP contribution in [0.2, 0.25) is 0 Å². The largest absolute Gasteiger partial charge is 0.350 e. The van der Waals surface area contributed by atoms with Crippen LogP contribution in [0.4, 0.5) is 4.39 Å². The molecule has 0 spiro atoms. The van der Waals surface area contributed by atoms with Crippen molar-refractivity contribution in [1.82, 2.24) is 5.32 Å². The van der Waals surface area contributed by atoms with E-state index in [-0.39, 0.29) is 18.1 Å². The molecule has 1 N–H and O–H groups in total. The van der Waals surface area contributed by atoms with E-state index in [9.17, 15) is 4.39 Å². The smallest absolute Gasteiger partial charge is 0.159 e. The van der Waals surface area contributed by atoms with Crippen molar-refractivity contribution in [3.63, 3.8) is 0 Å². The van der Waals surface area contributed by atoms with Crippen LogP contribution >= 0.6 is 15.9 Å². The molecule has 0 saturated carbocycles. The number of likely N-dealkylation sites (N-methyl/N-ethyl adjacent to an activating group) is 1. The number of nitrogens with one attached hydrogen (secondary N) is 1. The highest BCUT2D eigenvalue weighted by Crippen LogP contribution is 2.19. The van der Waals surface area contributed by atoms with Gasteiger partial charge in [-0.2, -0.15) is 0 Å². The summed E-state index contributed by atoms with van der Waals surface area (Å²) >= 11 is 3.25. The number of hydrogen-bond donors (Lipinski definition) is 1. The molecule has 1 unspecified atom stereocenters. The zero-order chi connectivity index (χ0) is 13.0. The van der Waals surface area contributed by atoms with E-state index in [2.05, 4.69) is 21.2 Å². The molecule has 0 aliphatic carbocycles. The summed E-state index contributed by atoms with van der Waals surface area (Å²) in [5, 5.41) is 3.18. The van der Waals surface area contributed by atoms with Crippen LogP contribution in [-0.4, -0.2) is 32.6 Å². The van der Waals surface area contributed by atoms with Gasteiger partial charge in [-0.1, -0.05) is 22.0 Å². The van der Waals surface area contributed by atoms with E-state index in [4.69, 9.17) is 9.47 Å². The standard InChI is InChI=1S/C13H17BrFNO2/c1-16-11(8-13-17-4-5-18-13)6-9-2-3-10(14)7-12(9)15/h2-3,7,11,13,16H,4-6,8H2,1H3. The maximum absolute atomic E-state index is 13.7. The molecule has 1 aliphatic rings. The Balaban J connectivity index is 1.96. The molecule has 3 nitrogen and oxygen atoms in total. The van der Waals surface area contributed by atoms with Gasteiger partial charge in [-0.25, -0.2) is 4.39 Å². The minimum absolute atomic E-state index is 0.142. The molecule has 2 rings (SSSR count). The normalized spacial score (nSPS) is 18.2. The summed E-state index contributed by atoms with van der Waals surface area (Å²) in [5.74, 6) is -0.183. The molecule has 1 heterocycles. The first-order chi connectivity index (χ1) is 8.69. The van der Waals surface area contributed by atoms with Gasteiger partial charge in [0.1, 0.15) is 5.82 Å². The van der Waals surface area contributed by atoms with E-state index in [0.717, 1.165) is 10.9 Å². The molecular weight excluding hydrogens is 301 g/mol. The van der Waals surface area contributed by atoms with Crippen molar-refractivity contribution < 1.29 is 13.9 Å². The lowest BCUT2D eigenvalue weighted by Crippen LogP contribution is -2.32. The van der Waals surface area contributed by atoms with Crippen LogP contribution in [-0.2, 0) is 15.9 Å². The van der Waals surface area contributed by atoms with E-state index in [0.29, 0.717) is 25.2 Å². The Kier molecular flexibility index (Phi) is 5.12. The van der Waals surface area contributed by atoms with Gasteiger partial charge in [0.25, 0.3) is 0 Å². The molecule has 0 aromatic heterocycles. The zero-order valence-electron chi connectivity index (χ0n) is 10.3. The molecule has 0 bridgehead atoms. The second kappa shape index (κ2) is 6.61. The number of rotatable bonds is 5. The van der Waals surface area contributed by atoms with Crippen LogP contribution < -0.4 is 5.32 Å². The summed E-state index contributed by atoms with van der Waals surface area (Å²) in [6.07, 6.45) is 1.19. The van der Waals surface area contributed by atoms with Crippen molar-refractivity contribution in [3.05, 3.63) is 34.1 Å². The van der Waals surface area contributed by atoms with Crippen molar-refractivity contribution in [3.8, 4) is 0 Å². The molecule has 5 heteroatoms. The average molecular weight is 318 g/mol. The van der Waals surface area contributed by atoms with Crippen LogP contribution in [0.5, 0.6) is 0 Å². The Morgan fingerprint density at radius 2 is 2.17 bits per heavy atom. The predicted molar refractivity (Wildman–Crippen MR) is 71.0 cm³/mol. The van der Waals surface area contributed by atoms with Gasteiger partial charge in [0.05, 0.1) is 13.2 Å². The lowest BCUT2D eigenvalue weighted by Gasteiger charge is -2.19. The molecule has 18 heavy (non-hydrogen) atoms. The fourth-order valence-corrected chi connectivity index (χ4v) is 2.36. The molecule has 100 valence electrons. The van der Waals surface area contributed by atoms with Crippen molar-refractivity contribution >= 4 is 15.9 Å². The average Bonchev–Trinajstić information content (AvgIpc) is 2.84. The third-order valence-corrected chi connectivity index (χ3v) is 3.55. The molecule has 1 saturated heterocycles. The fraction of sp³-hybridized carbons (Fsp3) is 0.538. The molecule has 0 amide bonds. The lowest BCUT2D eigenvalue weighted by molar-refractivity contribution is -0.0523. The zero-order valence-corrected chi connectivity index (χ0v) is 11.9. The summed E-state index contributed by atoms with van der Waals surface area (Å²) < 4.78 is 25.3. The SMILES string of the molecule is CNC(Cc1ccc(Br)cc1F)CC1OCCO1. The summed E-state index contributed by atoms with van der Waals surface area (Å²) in [4.78, 5) is 0. The third-order valence-electron chi connectivity index (χ3n) is 3.06. The van der Waals surface area contributed by atoms with Gasteiger partial charge < -0.3 is 14.8 Å². The highest BCUT2D eigenvalue weighted by Gasteiger charge is 2.21. The minimum atomic E-state index is -0.183. The van der Waals surface area contributed by atoms with Crippen LogP contribution in [0.3, 0.4) is 0 Å². The van der Waals surface area contributed by atoms with Crippen molar-refractivity contribution in [2.24, 2.45) is 0 Å². The summed E-state index contributed by atoms with van der Waals surface area (Å²) in [6, 6.07) is 5.29. The van der Waals surface area contributed by atoms with Gasteiger partial charge in [0.2, 0.25) is 0 Å². The van der Waals surface area contributed by atoms with Gasteiger partial charge in [-0.15, -0.1) is 0 Å². The first kappa shape index (κ1) is 13.9. The Hall–Kier alpha value is -0.490. The molecular formula is C13H17BrFNO2. The third kappa shape index (κ3) is 3.75. The van der Waals surface area contributed by atoms with E-state index < -0.39 is 0 Å². The Labute approximate surface area is 115 Å². The van der Waals surface area contributed by atoms with Crippen molar-refractivity contribution in [1.29, 1.82) is 0 Å². The second-order valence-corrected chi connectivity index (χ2v) is 5.25. The molecule has 1 aromatic rings. The summed E-state index contributed by atoms with van der Waals surface area (Å²) in [7, 11) is 1.87. The van der Waals surface area contributed by atoms with Crippen LogP contribution in [0.1, 0.15) is 12.0 Å². The lowest BCUT2D eigenvalue weighted by atomic mass is 10.0. The number of halogens is 2. The maximum Gasteiger partial charge on any atom is 0.159 e. The van der Waals surface area contributed by atoms with E-state index in [1.54, 1.807) is 6.07 Å². The fourth-order valence-electron chi connectivity index (χ4n) is 2.03. The van der Waals surface area contributed by atoms with Crippen LogP contribution in [0.15, 0.2) is 22.7 Å². The predicted octanol–water partition coefficient (Wildman–Crippen LogP) is 2.48. The molecule has 1 aromatic carbocycles. The topological polar surface area (TPSA) is 30.5 Å². The number of benzene rings is 1. The van der Waals surface area contributed by atoms with Gasteiger partial charge in [-0.3, -0.25) is 0 Å². The van der Waals surface area contributed by atoms with Crippen molar-refractivity contribution in [2.45, 2.75) is 25.2 Å². The molecule has 1 fully saturated rings. The molecule has 1 atom stereocenters. The van der Waals surface area contributed by atoms with Crippen LogP contribution in [0.25, 0.3) is 0 Å². The Bertz CT molecular complexity index is 397. The van der Waals surface area contributed by atoms with E-state index in [1.807, 2.05) is 13.1 Å².